The van der Waals surface area contributed by atoms with Crippen molar-refractivity contribution in [3.05, 3.63) is 0 Å². The fourth-order valence-electron chi connectivity index (χ4n) is 1.39. The summed E-state index contributed by atoms with van der Waals surface area (Å²) in [5, 5.41) is 0. The van der Waals surface area contributed by atoms with Crippen molar-refractivity contribution in [3.8, 4) is 0 Å². The number of nitrogens with two attached hydrogens (primary N) is 1. The van der Waals surface area contributed by atoms with Gasteiger partial charge in [-0.25, -0.2) is 8.42 Å². The Balaban J connectivity index is 3.96. The minimum absolute atomic E-state index is 0.163. The van der Waals surface area contributed by atoms with Gasteiger partial charge in [0.25, 0.3) is 0 Å². The van der Waals surface area contributed by atoms with Crippen molar-refractivity contribution < 1.29 is 8.42 Å². The third-order valence-electron chi connectivity index (χ3n) is 2.98. The first-order valence-electron chi connectivity index (χ1n) is 5.38. The first-order chi connectivity index (χ1) is 6.39. The van der Waals surface area contributed by atoms with Crippen molar-refractivity contribution in [3.63, 3.8) is 0 Å². The van der Waals surface area contributed by atoms with Crippen molar-refractivity contribution in [1.29, 1.82) is 0 Å². The zero-order valence-electron chi connectivity index (χ0n) is 9.54. The summed E-state index contributed by atoms with van der Waals surface area (Å²) in [4.78, 5) is 0. The third kappa shape index (κ3) is 4.96. The van der Waals surface area contributed by atoms with E-state index in [1.165, 1.54) is 0 Å². The van der Waals surface area contributed by atoms with E-state index in [0.717, 1.165) is 19.3 Å². The molecular formula is C10H23NO2S. The highest BCUT2D eigenvalue weighted by Crippen LogP contribution is 2.18. The van der Waals surface area contributed by atoms with Crippen molar-refractivity contribution in [2.24, 2.45) is 5.73 Å². The van der Waals surface area contributed by atoms with Crippen LogP contribution in [-0.4, -0.2) is 25.5 Å². The molecule has 0 aliphatic carbocycles. The van der Waals surface area contributed by atoms with Gasteiger partial charge >= 0.3 is 0 Å². The van der Waals surface area contributed by atoms with E-state index in [2.05, 4.69) is 13.8 Å². The molecule has 0 saturated carbocycles. The molecule has 14 heavy (non-hydrogen) atoms. The SMILES string of the molecule is CCC(N)(CC)CCCS(=O)(=O)CC. The van der Waals surface area contributed by atoms with Crippen LogP contribution in [0.2, 0.25) is 0 Å². The molecule has 0 fully saturated rings. The summed E-state index contributed by atoms with van der Waals surface area (Å²) < 4.78 is 22.4. The van der Waals surface area contributed by atoms with Gasteiger partial charge in [0.15, 0.2) is 0 Å². The van der Waals surface area contributed by atoms with Crippen LogP contribution in [0, 0.1) is 0 Å². The van der Waals surface area contributed by atoms with Crippen LogP contribution in [-0.2, 0) is 9.84 Å². The van der Waals surface area contributed by atoms with Gasteiger partial charge in [0.05, 0.1) is 5.75 Å². The quantitative estimate of drug-likeness (QED) is 0.712. The molecule has 0 aromatic carbocycles. The molecule has 4 heteroatoms. The molecule has 0 unspecified atom stereocenters. The van der Waals surface area contributed by atoms with Crippen LogP contribution in [0.15, 0.2) is 0 Å². The van der Waals surface area contributed by atoms with Crippen molar-refractivity contribution >= 4 is 9.84 Å². The smallest absolute Gasteiger partial charge is 0.150 e. The van der Waals surface area contributed by atoms with Gasteiger partial charge in [-0.15, -0.1) is 0 Å². The van der Waals surface area contributed by atoms with E-state index in [1.807, 2.05) is 0 Å². The van der Waals surface area contributed by atoms with Gasteiger partial charge in [-0.3, -0.25) is 0 Å². The predicted molar refractivity (Wildman–Crippen MR) is 61.1 cm³/mol. The van der Waals surface area contributed by atoms with Gasteiger partial charge in [0.2, 0.25) is 0 Å². The van der Waals surface area contributed by atoms with Gasteiger partial charge in [-0.05, 0) is 25.7 Å². The number of sulfone groups is 1. The van der Waals surface area contributed by atoms with Crippen LogP contribution in [0.3, 0.4) is 0 Å². The second kappa shape index (κ2) is 5.71. The zero-order valence-corrected chi connectivity index (χ0v) is 10.4. The Labute approximate surface area is 88.0 Å². The van der Waals surface area contributed by atoms with Crippen LogP contribution < -0.4 is 5.73 Å². The summed E-state index contributed by atoms with van der Waals surface area (Å²) in [6.45, 7) is 5.79. The lowest BCUT2D eigenvalue weighted by Gasteiger charge is -2.26. The molecule has 0 aliphatic rings. The fraction of sp³-hybridized carbons (Fsp3) is 1.00. The first-order valence-corrected chi connectivity index (χ1v) is 7.20. The van der Waals surface area contributed by atoms with Crippen LogP contribution >= 0.6 is 0 Å². The minimum atomic E-state index is -2.81. The Morgan fingerprint density at radius 3 is 2.00 bits per heavy atom. The lowest BCUT2D eigenvalue weighted by molar-refractivity contribution is 0.363. The fourth-order valence-corrected chi connectivity index (χ4v) is 2.26. The maximum absolute atomic E-state index is 11.2. The lowest BCUT2D eigenvalue weighted by Crippen LogP contribution is -2.38. The number of hydrogen-bond donors (Lipinski definition) is 1. The standard InChI is InChI=1S/C10H23NO2S/c1-4-10(11,5-2)8-7-9-14(12,13)6-3/h4-9,11H2,1-3H3. The summed E-state index contributed by atoms with van der Waals surface area (Å²) in [5.41, 5.74) is 5.91. The van der Waals surface area contributed by atoms with Gasteiger partial charge in [0.1, 0.15) is 9.84 Å². The van der Waals surface area contributed by atoms with Crippen molar-refractivity contribution in [1.82, 2.24) is 0 Å². The summed E-state index contributed by atoms with van der Waals surface area (Å²) in [7, 11) is -2.81. The average molecular weight is 221 g/mol. The minimum Gasteiger partial charge on any atom is -0.325 e. The van der Waals surface area contributed by atoms with Crippen molar-refractivity contribution in [2.75, 3.05) is 11.5 Å². The molecule has 2 N–H and O–H groups in total. The van der Waals surface area contributed by atoms with Crippen molar-refractivity contribution in [2.45, 2.75) is 52.0 Å². The Kier molecular flexibility index (Phi) is 5.67. The van der Waals surface area contributed by atoms with E-state index < -0.39 is 9.84 Å². The Hall–Kier alpha value is -0.0900. The van der Waals surface area contributed by atoms with E-state index in [1.54, 1.807) is 6.92 Å². The van der Waals surface area contributed by atoms with Gasteiger partial charge in [-0.2, -0.15) is 0 Å². The van der Waals surface area contributed by atoms with Gasteiger partial charge in [-0.1, -0.05) is 20.8 Å². The first kappa shape index (κ1) is 13.9. The molecule has 0 radical (unpaired) electrons. The van der Waals surface area contributed by atoms with Crippen LogP contribution in [0.5, 0.6) is 0 Å². The zero-order chi connectivity index (χ0) is 11.2. The molecule has 0 saturated heterocycles. The maximum atomic E-state index is 11.2. The normalized spacial score (nSPS) is 13.1. The molecular weight excluding hydrogens is 198 g/mol. The van der Waals surface area contributed by atoms with E-state index in [9.17, 15) is 8.42 Å². The second-order valence-electron chi connectivity index (χ2n) is 3.91. The molecule has 0 spiro atoms. The summed E-state index contributed by atoms with van der Waals surface area (Å²) in [6, 6.07) is 0. The van der Waals surface area contributed by atoms with Crippen LogP contribution in [0.1, 0.15) is 46.5 Å². The Morgan fingerprint density at radius 2 is 1.64 bits per heavy atom. The maximum Gasteiger partial charge on any atom is 0.150 e. The molecule has 86 valence electrons. The highest BCUT2D eigenvalue weighted by molar-refractivity contribution is 7.91. The third-order valence-corrected chi connectivity index (χ3v) is 4.77. The highest BCUT2D eigenvalue weighted by atomic mass is 32.2. The molecule has 0 aromatic heterocycles. The van der Waals surface area contributed by atoms with E-state index >= 15 is 0 Å². The average Bonchev–Trinajstić information content (AvgIpc) is 2.17. The topological polar surface area (TPSA) is 60.2 Å². The molecule has 0 atom stereocenters. The van der Waals surface area contributed by atoms with E-state index in [4.69, 9.17) is 5.73 Å². The lowest BCUT2D eigenvalue weighted by atomic mass is 9.89. The summed E-state index contributed by atoms with van der Waals surface area (Å²) in [6.07, 6.45) is 3.32. The molecule has 0 aliphatic heterocycles. The molecule has 0 heterocycles. The summed E-state index contributed by atoms with van der Waals surface area (Å²) >= 11 is 0. The van der Waals surface area contributed by atoms with E-state index in [-0.39, 0.29) is 17.0 Å². The Bertz CT molecular complexity index is 243. The molecule has 0 amide bonds. The number of hydrogen-bond acceptors (Lipinski definition) is 3. The van der Waals surface area contributed by atoms with Gasteiger partial charge < -0.3 is 5.73 Å². The summed E-state index contributed by atoms with van der Waals surface area (Å²) in [5.74, 6) is 0.519. The monoisotopic (exact) mass is 221 g/mol. The largest absolute Gasteiger partial charge is 0.325 e. The molecule has 3 nitrogen and oxygen atoms in total. The van der Waals surface area contributed by atoms with Gasteiger partial charge in [0, 0.05) is 11.3 Å². The Morgan fingerprint density at radius 1 is 1.14 bits per heavy atom. The van der Waals surface area contributed by atoms with Crippen LogP contribution in [0.25, 0.3) is 0 Å². The number of rotatable bonds is 7. The molecule has 0 rings (SSSR count). The predicted octanol–water partition coefficient (Wildman–Crippen LogP) is 1.72. The van der Waals surface area contributed by atoms with Crippen LogP contribution in [0.4, 0.5) is 0 Å². The van der Waals surface area contributed by atoms with E-state index in [0.29, 0.717) is 6.42 Å². The molecule has 0 bridgehead atoms. The molecule has 0 aromatic rings. The highest BCUT2D eigenvalue weighted by Gasteiger charge is 2.20. The second-order valence-corrected chi connectivity index (χ2v) is 6.38.